The smallest absolute Gasteiger partial charge is 0.231 e. The van der Waals surface area contributed by atoms with Gasteiger partial charge in [-0.05, 0) is 30.4 Å². The molecule has 1 atom stereocenters. The fourth-order valence-electron chi connectivity index (χ4n) is 3.05. The van der Waals surface area contributed by atoms with Crippen molar-refractivity contribution in [2.75, 3.05) is 19.6 Å². The van der Waals surface area contributed by atoms with Gasteiger partial charge in [0.25, 0.3) is 0 Å². The largest absolute Gasteiger partial charge is 0.342 e. The van der Waals surface area contributed by atoms with E-state index >= 15 is 0 Å². The van der Waals surface area contributed by atoms with Crippen LogP contribution in [-0.2, 0) is 11.3 Å². The van der Waals surface area contributed by atoms with Gasteiger partial charge in [0.05, 0.1) is 5.92 Å². The van der Waals surface area contributed by atoms with Gasteiger partial charge in [0, 0.05) is 26.2 Å². The molecule has 0 aromatic heterocycles. The van der Waals surface area contributed by atoms with Crippen molar-refractivity contribution in [1.82, 2.24) is 10.2 Å². The van der Waals surface area contributed by atoms with Crippen molar-refractivity contribution in [2.45, 2.75) is 31.7 Å². The average molecular weight is 244 g/mol. The molecule has 3 heteroatoms. The fraction of sp³-hybridized carbons (Fsp3) is 0.533. The second-order valence-electron chi connectivity index (χ2n) is 5.27. The van der Waals surface area contributed by atoms with Gasteiger partial charge in [-0.1, -0.05) is 24.3 Å². The molecule has 2 aliphatic rings. The van der Waals surface area contributed by atoms with E-state index in [9.17, 15) is 4.79 Å². The quantitative estimate of drug-likeness (QED) is 0.818. The number of hydrogen-bond acceptors (Lipinski definition) is 2. The zero-order valence-corrected chi connectivity index (χ0v) is 10.7. The van der Waals surface area contributed by atoms with Crippen LogP contribution in [0.4, 0.5) is 0 Å². The van der Waals surface area contributed by atoms with Crippen molar-refractivity contribution >= 4 is 5.91 Å². The maximum Gasteiger partial charge on any atom is 0.231 e. The van der Waals surface area contributed by atoms with Crippen LogP contribution in [0.5, 0.6) is 0 Å². The summed E-state index contributed by atoms with van der Waals surface area (Å²) in [6.45, 7) is 3.56. The van der Waals surface area contributed by atoms with Crippen molar-refractivity contribution in [1.29, 1.82) is 0 Å². The minimum absolute atomic E-state index is 0.0213. The molecule has 1 aromatic carbocycles. The van der Waals surface area contributed by atoms with E-state index in [0.717, 1.165) is 39.0 Å². The summed E-state index contributed by atoms with van der Waals surface area (Å²) >= 11 is 0. The third-order valence-electron chi connectivity index (χ3n) is 4.06. The summed E-state index contributed by atoms with van der Waals surface area (Å²) in [6.07, 6.45) is 3.59. The van der Waals surface area contributed by atoms with Crippen LogP contribution in [0.2, 0.25) is 0 Å². The van der Waals surface area contributed by atoms with Crippen molar-refractivity contribution in [2.24, 2.45) is 0 Å². The Hall–Kier alpha value is -1.35. The second kappa shape index (κ2) is 5.11. The van der Waals surface area contributed by atoms with Crippen LogP contribution in [-0.4, -0.2) is 30.4 Å². The summed E-state index contributed by atoms with van der Waals surface area (Å²) in [6, 6.07) is 8.33. The third-order valence-corrected chi connectivity index (χ3v) is 4.06. The Morgan fingerprint density at radius 2 is 1.94 bits per heavy atom. The highest BCUT2D eigenvalue weighted by Gasteiger charge is 2.30. The Bertz CT molecular complexity index is 438. The summed E-state index contributed by atoms with van der Waals surface area (Å²) in [7, 11) is 0. The van der Waals surface area contributed by atoms with E-state index < -0.39 is 0 Å². The van der Waals surface area contributed by atoms with Crippen molar-refractivity contribution in [3.63, 3.8) is 0 Å². The van der Waals surface area contributed by atoms with Crippen molar-refractivity contribution in [3.05, 3.63) is 35.4 Å². The number of fused-ring (bicyclic) bond motifs is 1. The Kier molecular flexibility index (Phi) is 3.33. The molecule has 3 nitrogen and oxygen atoms in total. The lowest BCUT2D eigenvalue weighted by Gasteiger charge is -2.33. The van der Waals surface area contributed by atoms with Gasteiger partial charge in [-0.25, -0.2) is 0 Å². The summed E-state index contributed by atoms with van der Waals surface area (Å²) in [5, 5.41) is 3.36. The molecule has 0 aliphatic carbocycles. The van der Waals surface area contributed by atoms with E-state index in [-0.39, 0.29) is 5.92 Å². The van der Waals surface area contributed by atoms with Crippen LogP contribution in [0, 0.1) is 0 Å². The molecule has 1 saturated heterocycles. The monoisotopic (exact) mass is 244 g/mol. The first-order chi connectivity index (χ1) is 8.86. The van der Waals surface area contributed by atoms with Gasteiger partial charge >= 0.3 is 0 Å². The molecular formula is C15H20N2O. The molecular weight excluding hydrogens is 224 g/mol. The molecule has 0 spiro atoms. The summed E-state index contributed by atoms with van der Waals surface area (Å²) in [5.41, 5.74) is 2.51. The summed E-state index contributed by atoms with van der Waals surface area (Å²) in [5.74, 6) is 0.336. The summed E-state index contributed by atoms with van der Waals surface area (Å²) < 4.78 is 0. The van der Waals surface area contributed by atoms with Gasteiger partial charge in [0.2, 0.25) is 5.91 Å². The highest BCUT2D eigenvalue weighted by molar-refractivity contribution is 5.84. The molecule has 96 valence electrons. The maximum atomic E-state index is 12.6. The number of carbonyl (C=O) groups excluding carboxylic acids is 1. The lowest BCUT2D eigenvalue weighted by molar-refractivity contribution is -0.133. The third kappa shape index (κ3) is 2.15. The van der Waals surface area contributed by atoms with Crippen LogP contribution in [0.1, 0.15) is 36.3 Å². The van der Waals surface area contributed by atoms with Crippen molar-refractivity contribution < 1.29 is 4.79 Å². The predicted octanol–water partition coefficient (Wildman–Crippen LogP) is 1.89. The number of nitrogens with zero attached hydrogens (tertiary/aromatic N) is 1. The number of hydrogen-bond donors (Lipinski definition) is 1. The van der Waals surface area contributed by atoms with E-state index in [1.807, 2.05) is 12.1 Å². The molecule has 0 radical (unpaired) electrons. The Balaban J connectivity index is 1.82. The topological polar surface area (TPSA) is 32.3 Å². The van der Waals surface area contributed by atoms with Gasteiger partial charge < -0.3 is 10.2 Å². The van der Waals surface area contributed by atoms with Gasteiger partial charge in [-0.3, -0.25) is 4.79 Å². The Morgan fingerprint density at radius 1 is 1.17 bits per heavy atom. The van der Waals surface area contributed by atoms with E-state index in [1.165, 1.54) is 17.5 Å². The number of nitrogens with one attached hydrogen (secondary N) is 1. The minimum atomic E-state index is 0.0213. The molecule has 1 unspecified atom stereocenters. The number of carbonyl (C=O) groups is 1. The summed E-state index contributed by atoms with van der Waals surface area (Å²) in [4.78, 5) is 14.7. The van der Waals surface area contributed by atoms with Crippen LogP contribution in [0.3, 0.4) is 0 Å². The molecule has 18 heavy (non-hydrogen) atoms. The highest BCUT2D eigenvalue weighted by atomic mass is 16.2. The van der Waals surface area contributed by atoms with Gasteiger partial charge in [-0.2, -0.15) is 0 Å². The van der Waals surface area contributed by atoms with Crippen molar-refractivity contribution in [3.8, 4) is 0 Å². The van der Waals surface area contributed by atoms with Gasteiger partial charge in [0.15, 0.2) is 0 Å². The van der Waals surface area contributed by atoms with Gasteiger partial charge in [-0.15, -0.1) is 0 Å². The number of likely N-dealkylation sites (tertiary alicyclic amines) is 1. The predicted molar refractivity (Wildman–Crippen MR) is 71.3 cm³/mol. The Labute approximate surface area is 108 Å². The lowest BCUT2D eigenvalue weighted by Crippen LogP contribution is -2.43. The minimum Gasteiger partial charge on any atom is -0.342 e. The van der Waals surface area contributed by atoms with Crippen LogP contribution >= 0.6 is 0 Å². The first-order valence-electron chi connectivity index (χ1n) is 6.93. The normalized spacial score (nSPS) is 23.6. The van der Waals surface area contributed by atoms with E-state index in [4.69, 9.17) is 0 Å². The van der Waals surface area contributed by atoms with E-state index in [2.05, 4.69) is 22.3 Å². The average Bonchev–Trinajstić information content (AvgIpc) is 2.47. The number of rotatable bonds is 1. The lowest BCUT2D eigenvalue weighted by atomic mass is 9.89. The zero-order chi connectivity index (χ0) is 12.4. The first kappa shape index (κ1) is 11.7. The number of benzene rings is 1. The van der Waals surface area contributed by atoms with Crippen LogP contribution in [0.15, 0.2) is 24.3 Å². The standard InChI is InChI=1S/C15H20N2O/c18-15(17-8-4-1-5-9-17)14-11-16-10-12-6-2-3-7-13(12)14/h2-3,6-7,14,16H,1,4-5,8-11H2. The number of amides is 1. The van der Waals surface area contributed by atoms with Gasteiger partial charge in [0.1, 0.15) is 0 Å². The molecule has 1 fully saturated rings. The molecule has 1 amide bonds. The zero-order valence-electron chi connectivity index (χ0n) is 10.7. The first-order valence-corrected chi connectivity index (χ1v) is 6.93. The molecule has 0 saturated carbocycles. The fourth-order valence-corrected chi connectivity index (χ4v) is 3.05. The molecule has 3 rings (SSSR count). The molecule has 1 N–H and O–H groups in total. The molecule has 1 aromatic rings. The van der Waals surface area contributed by atoms with Crippen LogP contribution < -0.4 is 5.32 Å². The SMILES string of the molecule is O=C(C1CNCc2ccccc21)N1CCCCC1. The molecule has 2 aliphatic heterocycles. The van der Waals surface area contributed by atoms with E-state index in [1.54, 1.807) is 0 Å². The highest BCUT2D eigenvalue weighted by Crippen LogP contribution is 2.26. The molecule has 0 bridgehead atoms. The van der Waals surface area contributed by atoms with Crippen LogP contribution in [0.25, 0.3) is 0 Å². The number of piperidine rings is 1. The maximum absolute atomic E-state index is 12.6. The van der Waals surface area contributed by atoms with E-state index in [0.29, 0.717) is 5.91 Å². The Morgan fingerprint density at radius 3 is 2.78 bits per heavy atom. The second-order valence-corrected chi connectivity index (χ2v) is 5.27. The molecule has 2 heterocycles.